The Morgan fingerprint density at radius 3 is 2.10 bits per heavy atom. The molecule has 1 aromatic rings. The van der Waals surface area contributed by atoms with Gasteiger partial charge in [-0.15, -0.1) is 0 Å². The van der Waals surface area contributed by atoms with Crippen LogP contribution in [0.5, 0.6) is 5.75 Å². The zero-order valence-corrected chi connectivity index (χ0v) is 12.8. The number of methoxy groups -OCH3 is 1. The predicted molar refractivity (Wildman–Crippen MR) is 76.4 cm³/mol. The monoisotopic (exact) mass is 299 g/mol. The minimum atomic E-state index is -3.39. The van der Waals surface area contributed by atoms with E-state index in [9.17, 15) is 9.36 Å². The molecule has 1 amide bonds. The van der Waals surface area contributed by atoms with E-state index in [1.54, 1.807) is 31.4 Å². The van der Waals surface area contributed by atoms with Crippen molar-refractivity contribution in [3.63, 3.8) is 0 Å². The third kappa shape index (κ3) is 4.49. The van der Waals surface area contributed by atoms with Gasteiger partial charge in [-0.05, 0) is 29.8 Å². The van der Waals surface area contributed by atoms with E-state index in [1.807, 2.05) is 0 Å². The first kappa shape index (κ1) is 16.4. The lowest BCUT2D eigenvalue weighted by Crippen LogP contribution is -2.18. The molecule has 1 rings (SSSR count). The average molecular weight is 299 g/mol. The second-order valence-corrected chi connectivity index (χ2v) is 5.93. The highest BCUT2D eigenvalue weighted by Crippen LogP contribution is 2.49. The van der Waals surface area contributed by atoms with Crippen LogP contribution in [-0.4, -0.2) is 27.2 Å². The number of hydrogen-bond donors (Lipinski definition) is 1. The highest BCUT2D eigenvalue weighted by Gasteiger charge is 2.20. The van der Waals surface area contributed by atoms with E-state index in [2.05, 4.69) is 5.32 Å². The largest absolute Gasteiger partial charge is 0.497 e. The number of amides is 1. The van der Waals surface area contributed by atoms with Crippen LogP contribution < -0.4 is 10.1 Å². The van der Waals surface area contributed by atoms with Crippen LogP contribution in [-0.2, 0) is 18.4 Å². The van der Waals surface area contributed by atoms with Crippen molar-refractivity contribution in [1.82, 2.24) is 5.32 Å². The fourth-order valence-electron chi connectivity index (χ4n) is 1.48. The molecular formula is C13H18NO5P. The topological polar surface area (TPSA) is 73.9 Å². The van der Waals surface area contributed by atoms with Crippen LogP contribution in [0.3, 0.4) is 0 Å². The molecule has 0 radical (unpaired) electrons. The Kier molecular flexibility index (Phi) is 5.95. The molecule has 0 bridgehead atoms. The number of ether oxygens (including phenoxy) is 1. The van der Waals surface area contributed by atoms with E-state index >= 15 is 0 Å². The number of carbonyl (C=O) groups is 1. The van der Waals surface area contributed by atoms with Crippen LogP contribution in [0.25, 0.3) is 5.70 Å². The minimum absolute atomic E-state index is 0.286. The highest BCUT2D eigenvalue weighted by atomic mass is 31.2. The van der Waals surface area contributed by atoms with Gasteiger partial charge in [0, 0.05) is 21.1 Å². The number of nitrogens with one attached hydrogen (secondary N) is 1. The Morgan fingerprint density at radius 1 is 1.15 bits per heavy atom. The van der Waals surface area contributed by atoms with E-state index in [1.165, 1.54) is 27.0 Å². The average Bonchev–Trinajstić information content (AvgIpc) is 2.46. The molecule has 0 unspecified atom stereocenters. The van der Waals surface area contributed by atoms with Gasteiger partial charge in [0.2, 0.25) is 5.91 Å². The Morgan fingerprint density at radius 2 is 1.70 bits per heavy atom. The summed E-state index contributed by atoms with van der Waals surface area (Å²) in [5.74, 6) is 1.67. The molecule has 0 aliphatic carbocycles. The molecule has 1 N–H and O–H groups in total. The van der Waals surface area contributed by atoms with Gasteiger partial charge in [0.05, 0.1) is 18.6 Å². The first-order valence-corrected chi connectivity index (χ1v) is 7.41. The van der Waals surface area contributed by atoms with Gasteiger partial charge in [0.25, 0.3) is 0 Å². The predicted octanol–water partition coefficient (Wildman–Crippen LogP) is 2.62. The lowest BCUT2D eigenvalue weighted by Gasteiger charge is -2.14. The normalized spacial score (nSPS) is 12.1. The summed E-state index contributed by atoms with van der Waals surface area (Å²) < 4.78 is 26.9. The zero-order valence-electron chi connectivity index (χ0n) is 11.9. The summed E-state index contributed by atoms with van der Waals surface area (Å²) in [5.41, 5.74) is 1.02. The quantitative estimate of drug-likeness (QED) is 0.817. The van der Waals surface area contributed by atoms with Crippen molar-refractivity contribution in [2.24, 2.45) is 0 Å². The third-order valence-corrected chi connectivity index (χ3v) is 4.10. The molecule has 0 aromatic heterocycles. The molecule has 0 fully saturated rings. The van der Waals surface area contributed by atoms with Crippen LogP contribution in [0.2, 0.25) is 0 Å². The molecule has 1 aromatic carbocycles. The van der Waals surface area contributed by atoms with Crippen LogP contribution in [0.4, 0.5) is 0 Å². The number of carbonyl (C=O) groups excluding carboxylic acids is 1. The van der Waals surface area contributed by atoms with Crippen molar-refractivity contribution in [2.45, 2.75) is 6.92 Å². The summed E-state index contributed by atoms with van der Waals surface area (Å²) in [5, 5.41) is 2.61. The van der Waals surface area contributed by atoms with Gasteiger partial charge >= 0.3 is 7.60 Å². The molecule has 0 aliphatic heterocycles. The molecule has 20 heavy (non-hydrogen) atoms. The van der Waals surface area contributed by atoms with Crippen LogP contribution in [0, 0.1) is 0 Å². The first-order chi connectivity index (χ1) is 9.44. The molecule has 0 saturated heterocycles. The Hall–Kier alpha value is -1.62. The van der Waals surface area contributed by atoms with Crippen LogP contribution >= 0.6 is 7.60 Å². The molecule has 7 heteroatoms. The molecular weight excluding hydrogens is 281 g/mol. The van der Waals surface area contributed by atoms with Crippen molar-refractivity contribution >= 4 is 19.2 Å². The van der Waals surface area contributed by atoms with Crippen molar-refractivity contribution in [2.75, 3.05) is 21.3 Å². The molecule has 110 valence electrons. The number of benzene rings is 1. The highest BCUT2D eigenvalue weighted by molar-refractivity contribution is 7.57. The lowest BCUT2D eigenvalue weighted by atomic mass is 10.1. The van der Waals surface area contributed by atoms with E-state index in [4.69, 9.17) is 13.8 Å². The molecule has 6 nitrogen and oxygen atoms in total. The summed E-state index contributed by atoms with van der Waals surface area (Å²) in [6.45, 7) is 1.36. The smallest absolute Gasteiger partial charge is 0.355 e. The summed E-state index contributed by atoms with van der Waals surface area (Å²) in [4.78, 5) is 11.3. The molecule has 0 saturated carbocycles. The van der Waals surface area contributed by atoms with Crippen molar-refractivity contribution < 1.29 is 23.1 Å². The maximum absolute atomic E-state index is 12.1. The van der Waals surface area contributed by atoms with Crippen LogP contribution in [0.15, 0.2) is 30.1 Å². The number of rotatable bonds is 6. The fourth-order valence-corrected chi connectivity index (χ4v) is 2.37. The second kappa shape index (κ2) is 7.24. The van der Waals surface area contributed by atoms with E-state index < -0.39 is 7.60 Å². The van der Waals surface area contributed by atoms with Gasteiger partial charge in [-0.3, -0.25) is 9.36 Å². The van der Waals surface area contributed by atoms with Gasteiger partial charge in [-0.25, -0.2) is 0 Å². The summed E-state index contributed by atoms with van der Waals surface area (Å²) in [7, 11) is 0.729. The second-order valence-electron chi connectivity index (χ2n) is 3.86. The zero-order chi connectivity index (χ0) is 15.2. The summed E-state index contributed by atoms with van der Waals surface area (Å²) >= 11 is 0. The summed E-state index contributed by atoms with van der Waals surface area (Å²) in [6.07, 6.45) is 0. The van der Waals surface area contributed by atoms with Crippen molar-refractivity contribution in [3.05, 3.63) is 35.6 Å². The third-order valence-electron chi connectivity index (χ3n) is 2.51. The lowest BCUT2D eigenvalue weighted by molar-refractivity contribution is -0.117. The molecule has 0 atom stereocenters. The van der Waals surface area contributed by atoms with Crippen LogP contribution in [0.1, 0.15) is 12.5 Å². The summed E-state index contributed by atoms with van der Waals surface area (Å²) in [6, 6.07) is 6.93. The molecule has 0 spiro atoms. The van der Waals surface area contributed by atoms with Gasteiger partial charge < -0.3 is 19.1 Å². The van der Waals surface area contributed by atoms with Gasteiger partial charge in [-0.1, -0.05) is 0 Å². The Labute approximate surface area is 118 Å². The van der Waals surface area contributed by atoms with Gasteiger partial charge in [-0.2, -0.15) is 0 Å². The maximum Gasteiger partial charge on any atom is 0.355 e. The van der Waals surface area contributed by atoms with E-state index in [-0.39, 0.29) is 5.91 Å². The van der Waals surface area contributed by atoms with Gasteiger partial charge in [0.1, 0.15) is 5.75 Å². The van der Waals surface area contributed by atoms with E-state index in [0.29, 0.717) is 17.0 Å². The maximum atomic E-state index is 12.1. The minimum Gasteiger partial charge on any atom is -0.497 e. The van der Waals surface area contributed by atoms with E-state index in [0.717, 1.165) is 0 Å². The standard InChI is InChI=1S/C13H18NO5P/c1-10(15)14-13(9-20(16,18-3)19-4)11-5-7-12(17-2)8-6-11/h5-9H,1-4H3,(H,14,15)/b13-9-. The van der Waals surface area contributed by atoms with Crippen molar-refractivity contribution in [1.29, 1.82) is 0 Å². The van der Waals surface area contributed by atoms with Gasteiger partial charge in [0.15, 0.2) is 0 Å². The number of hydrogen-bond acceptors (Lipinski definition) is 5. The Bertz CT molecular complexity index is 530. The molecule has 0 heterocycles. The van der Waals surface area contributed by atoms with Crippen molar-refractivity contribution in [3.8, 4) is 5.75 Å². The fraction of sp³-hybridized carbons (Fsp3) is 0.308. The first-order valence-electron chi connectivity index (χ1n) is 5.80. The Balaban J connectivity index is 3.20. The molecule has 0 aliphatic rings. The SMILES string of the molecule is COc1ccc(/C(=C/P(=O)(OC)OC)NC(C)=O)cc1.